The lowest BCUT2D eigenvalue weighted by atomic mass is 10.0. The van der Waals surface area contributed by atoms with Gasteiger partial charge in [0.2, 0.25) is 5.91 Å². The van der Waals surface area contributed by atoms with Crippen LogP contribution in [-0.2, 0) is 4.79 Å². The molecule has 2 unspecified atom stereocenters. The normalized spacial score (nSPS) is 20.8. The van der Waals surface area contributed by atoms with E-state index >= 15 is 0 Å². The van der Waals surface area contributed by atoms with Gasteiger partial charge in [-0.25, -0.2) is 0 Å². The van der Waals surface area contributed by atoms with Crippen LogP contribution in [0.25, 0.3) is 0 Å². The monoisotopic (exact) mass is 278 g/mol. The second-order valence-electron chi connectivity index (χ2n) is 4.84. The largest absolute Gasteiger partial charge is 0.348 e. The van der Waals surface area contributed by atoms with Crippen molar-refractivity contribution < 1.29 is 4.79 Å². The van der Waals surface area contributed by atoms with Gasteiger partial charge in [-0.1, -0.05) is 43.7 Å². The summed E-state index contributed by atoms with van der Waals surface area (Å²) in [4.78, 5) is 12.3. The van der Waals surface area contributed by atoms with Crippen molar-refractivity contribution in [1.82, 2.24) is 10.6 Å². The molecule has 19 heavy (non-hydrogen) atoms. The number of benzene rings is 1. The Balaban J connectivity index is 1.98. The average molecular weight is 278 g/mol. The molecule has 0 saturated carbocycles. The molecule has 1 aliphatic rings. The standard InChI is InChI=1S/C15H22N2OS/c1-2-6-13(12-7-4-3-5-8-12)17-15(18)14-11-19-10-9-16-14/h3-5,7-8,13-14,16H,2,6,9-11H2,1H3,(H,17,18). The van der Waals surface area contributed by atoms with E-state index in [-0.39, 0.29) is 18.0 Å². The quantitative estimate of drug-likeness (QED) is 0.868. The van der Waals surface area contributed by atoms with Crippen molar-refractivity contribution in [2.24, 2.45) is 0 Å². The van der Waals surface area contributed by atoms with Crippen molar-refractivity contribution in [3.63, 3.8) is 0 Å². The molecule has 1 amide bonds. The fourth-order valence-electron chi connectivity index (χ4n) is 2.30. The third-order valence-electron chi connectivity index (χ3n) is 3.33. The lowest BCUT2D eigenvalue weighted by Gasteiger charge is -2.26. The van der Waals surface area contributed by atoms with Gasteiger partial charge in [0.15, 0.2) is 0 Å². The van der Waals surface area contributed by atoms with E-state index in [2.05, 4.69) is 29.7 Å². The lowest BCUT2D eigenvalue weighted by molar-refractivity contribution is -0.123. The molecule has 4 heteroatoms. The zero-order valence-electron chi connectivity index (χ0n) is 11.4. The van der Waals surface area contributed by atoms with E-state index in [9.17, 15) is 4.79 Å². The van der Waals surface area contributed by atoms with Crippen LogP contribution in [0.15, 0.2) is 30.3 Å². The summed E-state index contributed by atoms with van der Waals surface area (Å²) in [5, 5.41) is 6.47. The van der Waals surface area contributed by atoms with Crippen molar-refractivity contribution in [3.8, 4) is 0 Å². The van der Waals surface area contributed by atoms with E-state index in [1.165, 1.54) is 5.56 Å². The summed E-state index contributed by atoms with van der Waals surface area (Å²) in [5.74, 6) is 2.11. The van der Waals surface area contributed by atoms with E-state index in [1.54, 1.807) is 0 Å². The molecule has 1 fully saturated rings. The predicted octanol–water partition coefficient (Wildman–Crippen LogP) is 2.35. The predicted molar refractivity (Wildman–Crippen MR) is 81.3 cm³/mol. The Bertz CT molecular complexity index is 390. The van der Waals surface area contributed by atoms with Crippen LogP contribution in [0.1, 0.15) is 31.4 Å². The number of hydrogen-bond donors (Lipinski definition) is 2. The van der Waals surface area contributed by atoms with Crippen LogP contribution in [0.4, 0.5) is 0 Å². The average Bonchev–Trinajstić information content (AvgIpc) is 2.48. The Morgan fingerprint density at radius 2 is 2.26 bits per heavy atom. The summed E-state index contributed by atoms with van der Waals surface area (Å²) in [6.45, 7) is 3.07. The summed E-state index contributed by atoms with van der Waals surface area (Å²) in [6.07, 6.45) is 2.04. The zero-order chi connectivity index (χ0) is 13.5. The van der Waals surface area contributed by atoms with Crippen molar-refractivity contribution in [3.05, 3.63) is 35.9 Å². The van der Waals surface area contributed by atoms with Gasteiger partial charge >= 0.3 is 0 Å². The Hall–Kier alpha value is -1.00. The number of hydrogen-bond acceptors (Lipinski definition) is 3. The van der Waals surface area contributed by atoms with Crippen LogP contribution in [0.3, 0.4) is 0 Å². The molecular weight excluding hydrogens is 256 g/mol. The first-order valence-electron chi connectivity index (χ1n) is 6.97. The van der Waals surface area contributed by atoms with E-state index in [0.717, 1.165) is 30.9 Å². The summed E-state index contributed by atoms with van der Waals surface area (Å²) in [7, 11) is 0. The summed E-state index contributed by atoms with van der Waals surface area (Å²) < 4.78 is 0. The van der Waals surface area contributed by atoms with Gasteiger partial charge in [0, 0.05) is 18.1 Å². The third kappa shape index (κ3) is 4.25. The van der Waals surface area contributed by atoms with Crippen molar-refractivity contribution in [1.29, 1.82) is 0 Å². The molecule has 1 aromatic carbocycles. The molecule has 2 N–H and O–H groups in total. The molecule has 0 spiro atoms. The highest BCUT2D eigenvalue weighted by atomic mass is 32.2. The molecule has 104 valence electrons. The number of carbonyl (C=O) groups excluding carboxylic acids is 1. The maximum absolute atomic E-state index is 12.3. The van der Waals surface area contributed by atoms with E-state index in [1.807, 2.05) is 30.0 Å². The minimum atomic E-state index is -0.0400. The summed E-state index contributed by atoms with van der Waals surface area (Å²) in [5.41, 5.74) is 1.20. The first-order valence-corrected chi connectivity index (χ1v) is 8.13. The van der Waals surface area contributed by atoms with Crippen LogP contribution in [0.2, 0.25) is 0 Å². The number of thioether (sulfide) groups is 1. The van der Waals surface area contributed by atoms with Crippen LogP contribution in [-0.4, -0.2) is 30.0 Å². The molecule has 0 aliphatic carbocycles. The second-order valence-corrected chi connectivity index (χ2v) is 5.99. The maximum Gasteiger partial charge on any atom is 0.238 e. The molecule has 2 atom stereocenters. The molecule has 2 rings (SSSR count). The van der Waals surface area contributed by atoms with Gasteiger partial charge < -0.3 is 10.6 Å². The third-order valence-corrected chi connectivity index (χ3v) is 4.40. The fourth-order valence-corrected chi connectivity index (χ4v) is 3.24. The molecule has 1 saturated heterocycles. The number of carbonyl (C=O) groups is 1. The minimum Gasteiger partial charge on any atom is -0.348 e. The van der Waals surface area contributed by atoms with Gasteiger partial charge in [-0.3, -0.25) is 4.79 Å². The maximum atomic E-state index is 12.3. The van der Waals surface area contributed by atoms with Crippen molar-refractivity contribution in [2.75, 3.05) is 18.1 Å². The van der Waals surface area contributed by atoms with Gasteiger partial charge in [-0.2, -0.15) is 11.8 Å². The van der Waals surface area contributed by atoms with Crippen LogP contribution in [0, 0.1) is 0 Å². The smallest absolute Gasteiger partial charge is 0.238 e. The fraction of sp³-hybridized carbons (Fsp3) is 0.533. The highest BCUT2D eigenvalue weighted by molar-refractivity contribution is 7.99. The minimum absolute atomic E-state index is 0.0400. The molecule has 0 bridgehead atoms. The molecule has 0 radical (unpaired) electrons. The first kappa shape index (κ1) is 14.4. The SMILES string of the molecule is CCCC(NC(=O)C1CSCCN1)c1ccccc1. The molecular formula is C15H22N2OS. The Morgan fingerprint density at radius 3 is 2.89 bits per heavy atom. The summed E-state index contributed by atoms with van der Waals surface area (Å²) >= 11 is 1.84. The van der Waals surface area contributed by atoms with E-state index in [0.29, 0.717) is 0 Å². The molecule has 0 aromatic heterocycles. The van der Waals surface area contributed by atoms with Crippen molar-refractivity contribution in [2.45, 2.75) is 31.8 Å². The molecule has 1 aliphatic heterocycles. The second kappa shape index (κ2) is 7.56. The molecule has 3 nitrogen and oxygen atoms in total. The van der Waals surface area contributed by atoms with Crippen LogP contribution < -0.4 is 10.6 Å². The Kier molecular flexibility index (Phi) is 5.73. The van der Waals surface area contributed by atoms with Gasteiger partial charge in [0.1, 0.15) is 0 Å². The van der Waals surface area contributed by atoms with Crippen molar-refractivity contribution >= 4 is 17.7 Å². The summed E-state index contributed by atoms with van der Waals surface area (Å²) in [6, 6.07) is 10.3. The topological polar surface area (TPSA) is 41.1 Å². The molecule has 1 aromatic rings. The number of rotatable bonds is 5. The highest BCUT2D eigenvalue weighted by Crippen LogP contribution is 2.19. The lowest BCUT2D eigenvalue weighted by Crippen LogP contribution is -2.49. The van der Waals surface area contributed by atoms with E-state index < -0.39 is 0 Å². The zero-order valence-corrected chi connectivity index (χ0v) is 12.2. The van der Waals surface area contributed by atoms with Gasteiger partial charge in [-0.05, 0) is 12.0 Å². The Morgan fingerprint density at radius 1 is 1.47 bits per heavy atom. The van der Waals surface area contributed by atoms with Crippen LogP contribution in [0.5, 0.6) is 0 Å². The van der Waals surface area contributed by atoms with Gasteiger partial charge in [0.05, 0.1) is 12.1 Å². The van der Waals surface area contributed by atoms with Gasteiger partial charge in [-0.15, -0.1) is 0 Å². The first-order chi connectivity index (χ1) is 9.31. The Labute approximate surface area is 119 Å². The molecule has 1 heterocycles. The van der Waals surface area contributed by atoms with E-state index in [4.69, 9.17) is 0 Å². The number of amides is 1. The van der Waals surface area contributed by atoms with Crippen LogP contribution >= 0.6 is 11.8 Å². The highest BCUT2D eigenvalue weighted by Gasteiger charge is 2.23. The number of nitrogens with one attached hydrogen (secondary N) is 2. The van der Waals surface area contributed by atoms with Gasteiger partial charge in [0.25, 0.3) is 0 Å².